The van der Waals surface area contributed by atoms with Crippen LogP contribution in [0.1, 0.15) is 24.8 Å². The van der Waals surface area contributed by atoms with Crippen LogP contribution in [-0.4, -0.2) is 38.0 Å². The first-order chi connectivity index (χ1) is 9.09. The molecule has 19 heavy (non-hydrogen) atoms. The van der Waals surface area contributed by atoms with Gasteiger partial charge in [0.25, 0.3) is 0 Å². The minimum atomic E-state index is -3.54. The van der Waals surface area contributed by atoms with E-state index in [0.29, 0.717) is 24.4 Å². The molecule has 106 valence electrons. The maximum Gasteiger partial charge on any atom is 0.246 e. The first kappa shape index (κ1) is 14.3. The number of aliphatic hydroxyl groups is 1. The largest absolute Gasteiger partial charge is 0.495 e. The molecule has 0 aliphatic carbocycles. The number of sulfonamides is 1. The Hall–Kier alpha value is -1.11. The third-order valence-corrected chi connectivity index (χ3v) is 5.26. The van der Waals surface area contributed by atoms with E-state index >= 15 is 0 Å². The topological polar surface area (TPSA) is 66.8 Å². The summed E-state index contributed by atoms with van der Waals surface area (Å²) in [5, 5.41) is 9.15. The van der Waals surface area contributed by atoms with Crippen molar-refractivity contribution in [2.45, 2.75) is 30.8 Å². The highest BCUT2D eigenvalue weighted by Crippen LogP contribution is 2.29. The molecule has 0 bridgehead atoms. The van der Waals surface area contributed by atoms with E-state index in [1.165, 1.54) is 17.5 Å². The van der Waals surface area contributed by atoms with Gasteiger partial charge in [-0.1, -0.05) is 12.5 Å². The van der Waals surface area contributed by atoms with E-state index in [9.17, 15) is 8.42 Å². The van der Waals surface area contributed by atoms with Crippen molar-refractivity contribution in [1.29, 1.82) is 0 Å². The monoisotopic (exact) mass is 285 g/mol. The van der Waals surface area contributed by atoms with Crippen LogP contribution >= 0.6 is 0 Å². The van der Waals surface area contributed by atoms with Crippen LogP contribution in [0.2, 0.25) is 0 Å². The first-order valence-electron chi connectivity index (χ1n) is 6.37. The Bertz CT molecular complexity index is 536. The van der Waals surface area contributed by atoms with Crippen molar-refractivity contribution in [3.05, 3.63) is 23.8 Å². The Morgan fingerprint density at radius 2 is 1.95 bits per heavy atom. The molecule has 1 aliphatic heterocycles. The van der Waals surface area contributed by atoms with Crippen molar-refractivity contribution in [1.82, 2.24) is 4.31 Å². The van der Waals surface area contributed by atoms with E-state index in [2.05, 4.69) is 0 Å². The van der Waals surface area contributed by atoms with Gasteiger partial charge in [-0.25, -0.2) is 8.42 Å². The molecular formula is C13H19NO4S. The van der Waals surface area contributed by atoms with Crippen LogP contribution in [-0.2, 0) is 16.6 Å². The molecule has 6 heteroatoms. The Morgan fingerprint density at radius 3 is 2.53 bits per heavy atom. The lowest BCUT2D eigenvalue weighted by molar-refractivity contribution is 0.281. The fraction of sp³-hybridized carbons (Fsp3) is 0.538. The summed E-state index contributed by atoms with van der Waals surface area (Å²) in [5.41, 5.74) is 0.566. The SMILES string of the molecule is COc1ccc(CO)cc1S(=O)(=O)N1CCCCC1. The second kappa shape index (κ2) is 5.90. The molecule has 0 unspecified atom stereocenters. The summed E-state index contributed by atoms with van der Waals surface area (Å²) < 4.78 is 31.8. The van der Waals surface area contributed by atoms with Crippen molar-refractivity contribution in [2.75, 3.05) is 20.2 Å². The third-order valence-electron chi connectivity index (χ3n) is 3.34. The number of ether oxygens (including phenoxy) is 1. The minimum absolute atomic E-state index is 0.142. The molecule has 2 rings (SSSR count). The molecule has 0 aromatic heterocycles. The summed E-state index contributed by atoms with van der Waals surface area (Å²) in [7, 11) is -2.09. The van der Waals surface area contributed by atoms with Crippen LogP contribution in [0.4, 0.5) is 0 Å². The summed E-state index contributed by atoms with van der Waals surface area (Å²) in [5.74, 6) is 0.322. The molecule has 0 amide bonds. The van der Waals surface area contributed by atoms with E-state index in [1.807, 2.05) is 0 Å². The molecule has 1 N–H and O–H groups in total. The molecule has 0 radical (unpaired) electrons. The summed E-state index contributed by atoms with van der Waals surface area (Å²) in [4.78, 5) is 0.142. The zero-order chi connectivity index (χ0) is 13.9. The average molecular weight is 285 g/mol. The van der Waals surface area contributed by atoms with Gasteiger partial charge in [-0.05, 0) is 30.5 Å². The average Bonchev–Trinajstić information content (AvgIpc) is 2.47. The Morgan fingerprint density at radius 1 is 1.26 bits per heavy atom. The normalized spacial score (nSPS) is 17.4. The number of hydrogen-bond acceptors (Lipinski definition) is 4. The Labute approximate surface area is 113 Å². The maximum atomic E-state index is 12.6. The van der Waals surface area contributed by atoms with Gasteiger partial charge < -0.3 is 9.84 Å². The van der Waals surface area contributed by atoms with Gasteiger partial charge in [-0.15, -0.1) is 0 Å². The number of hydrogen-bond donors (Lipinski definition) is 1. The summed E-state index contributed by atoms with van der Waals surface area (Å²) in [6.07, 6.45) is 2.85. The van der Waals surface area contributed by atoms with Gasteiger partial charge in [0.15, 0.2) is 0 Å². The first-order valence-corrected chi connectivity index (χ1v) is 7.81. The minimum Gasteiger partial charge on any atom is -0.495 e. The molecule has 0 spiro atoms. The number of nitrogens with zero attached hydrogens (tertiary/aromatic N) is 1. The van der Waals surface area contributed by atoms with Crippen molar-refractivity contribution >= 4 is 10.0 Å². The smallest absolute Gasteiger partial charge is 0.246 e. The number of piperidine rings is 1. The molecule has 1 aromatic rings. The van der Waals surface area contributed by atoms with Gasteiger partial charge in [0.1, 0.15) is 10.6 Å². The van der Waals surface area contributed by atoms with E-state index in [4.69, 9.17) is 9.84 Å². The molecule has 5 nitrogen and oxygen atoms in total. The lowest BCUT2D eigenvalue weighted by atomic mass is 10.2. The fourth-order valence-electron chi connectivity index (χ4n) is 2.27. The quantitative estimate of drug-likeness (QED) is 0.907. The lowest BCUT2D eigenvalue weighted by Crippen LogP contribution is -2.35. The summed E-state index contributed by atoms with van der Waals surface area (Å²) in [6, 6.07) is 4.74. The number of benzene rings is 1. The van der Waals surface area contributed by atoms with Crippen LogP contribution in [0.5, 0.6) is 5.75 Å². The predicted octanol–water partition coefficient (Wildman–Crippen LogP) is 1.36. The van der Waals surface area contributed by atoms with Crippen LogP contribution in [0.3, 0.4) is 0 Å². The van der Waals surface area contributed by atoms with Gasteiger partial charge in [-0.3, -0.25) is 0 Å². The fourth-order valence-corrected chi connectivity index (χ4v) is 3.99. The van der Waals surface area contributed by atoms with Gasteiger partial charge >= 0.3 is 0 Å². The summed E-state index contributed by atoms with van der Waals surface area (Å²) in [6.45, 7) is 0.913. The second-order valence-corrected chi connectivity index (χ2v) is 6.51. The van der Waals surface area contributed by atoms with E-state index < -0.39 is 10.0 Å². The number of methoxy groups -OCH3 is 1. The zero-order valence-electron chi connectivity index (χ0n) is 11.0. The second-order valence-electron chi connectivity index (χ2n) is 4.61. The Balaban J connectivity index is 2.43. The standard InChI is InChI=1S/C13H19NO4S/c1-18-12-6-5-11(10-15)9-13(12)19(16,17)14-7-3-2-4-8-14/h5-6,9,15H,2-4,7-8,10H2,1H3. The highest BCUT2D eigenvalue weighted by atomic mass is 32.2. The van der Waals surface area contributed by atoms with Gasteiger partial charge in [0.05, 0.1) is 13.7 Å². The van der Waals surface area contributed by atoms with Crippen molar-refractivity contribution in [3.63, 3.8) is 0 Å². The highest BCUT2D eigenvalue weighted by Gasteiger charge is 2.28. The van der Waals surface area contributed by atoms with Crippen molar-refractivity contribution in [3.8, 4) is 5.75 Å². The molecule has 1 heterocycles. The molecular weight excluding hydrogens is 266 g/mol. The lowest BCUT2D eigenvalue weighted by Gasteiger charge is -2.26. The van der Waals surface area contributed by atoms with Crippen LogP contribution in [0.25, 0.3) is 0 Å². The molecule has 1 fully saturated rings. The van der Waals surface area contributed by atoms with Gasteiger partial charge in [0.2, 0.25) is 10.0 Å². The summed E-state index contributed by atoms with van der Waals surface area (Å²) >= 11 is 0. The maximum absolute atomic E-state index is 12.6. The highest BCUT2D eigenvalue weighted by molar-refractivity contribution is 7.89. The molecule has 0 saturated carbocycles. The van der Waals surface area contributed by atoms with Gasteiger partial charge in [-0.2, -0.15) is 4.31 Å². The van der Waals surface area contributed by atoms with E-state index in [0.717, 1.165) is 19.3 Å². The number of rotatable bonds is 4. The zero-order valence-corrected chi connectivity index (χ0v) is 11.8. The molecule has 0 atom stereocenters. The Kier molecular flexibility index (Phi) is 4.44. The molecule has 1 aromatic carbocycles. The van der Waals surface area contributed by atoms with Crippen molar-refractivity contribution in [2.24, 2.45) is 0 Å². The number of aliphatic hydroxyl groups excluding tert-OH is 1. The third kappa shape index (κ3) is 2.91. The van der Waals surface area contributed by atoms with Crippen LogP contribution in [0, 0.1) is 0 Å². The molecule has 1 aliphatic rings. The van der Waals surface area contributed by atoms with Crippen LogP contribution < -0.4 is 4.74 Å². The predicted molar refractivity (Wildman–Crippen MR) is 71.5 cm³/mol. The van der Waals surface area contributed by atoms with Crippen molar-refractivity contribution < 1.29 is 18.3 Å². The van der Waals surface area contributed by atoms with E-state index in [-0.39, 0.29) is 11.5 Å². The van der Waals surface area contributed by atoms with Crippen LogP contribution in [0.15, 0.2) is 23.1 Å². The van der Waals surface area contributed by atoms with Gasteiger partial charge in [0, 0.05) is 13.1 Å². The molecule has 1 saturated heterocycles. The van der Waals surface area contributed by atoms with E-state index in [1.54, 1.807) is 12.1 Å².